The van der Waals surface area contributed by atoms with Gasteiger partial charge in [0.15, 0.2) is 0 Å². The molecule has 0 aliphatic carbocycles. The van der Waals surface area contributed by atoms with Crippen LogP contribution in [0.5, 0.6) is 0 Å². The fourth-order valence-electron chi connectivity index (χ4n) is 2.43. The molecule has 82 valence electrons. The van der Waals surface area contributed by atoms with Crippen LogP contribution in [0.25, 0.3) is 0 Å². The molecule has 2 rings (SSSR count). The summed E-state index contributed by atoms with van der Waals surface area (Å²) in [6, 6.07) is 2.09. The molecule has 0 N–H and O–H groups in total. The van der Waals surface area contributed by atoms with Gasteiger partial charge in [-0.1, -0.05) is 0 Å². The van der Waals surface area contributed by atoms with Crippen molar-refractivity contribution in [3.8, 4) is 0 Å². The molecule has 0 bridgehead atoms. The first-order valence-electron chi connectivity index (χ1n) is 5.76. The van der Waals surface area contributed by atoms with Crippen molar-refractivity contribution in [1.82, 2.24) is 9.80 Å². The van der Waals surface area contributed by atoms with E-state index in [-0.39, 0.29) is 0 Å². The third-order valence-electron chi connectivity index (χ3n) is 3.53. The van der Waals surface area contributed by atoms with E-state index in [0.717, 1.165) is 13.2 Å². The molecule has 0 aromatic rings. The number of hydrogen-bond donors (Lipinski definition) is 0. The molecule has 2 saturated heterocycles. The number of hydrogen-bond acceptors (Lipinski definition) is 3. The van der Waals surface area contributed by atoms with Crippen LogP contribution >= 0.6 is 0 Å². The largest absolute Gasteiger partial charge is 0.378 e. The van der Waals surface area contributed by atoms with Crippen molar-refractivity contribution in [3.63, 3.8) is 0 Å². The maximum absolute atomic E-state index is 5.26. The van der Waals surface area contributed by atoms with Crippen LogP contribution in [0.4, 0.5) is 0 Å². The number of rotatable bonds is 2. The van der Waals surface area contributed by atoms with Gasteiger partial charge in [0, 0.05) is 31.7 Å². The van der Waals surface area contributed by atoms with Crippen molar-refractivity contribution in [2.45, 2.75) is 38.9 Å². The predicted octanol–water partition coefficient (Wildman–Crippen LogP) is 0.800. The summed E-state index contributed by atoms with van der Waals surface area (Å²) in [5, 5.41) is 0. The van der Waals surface area contributed by atoms with Crippen molar-refractivity contribution in [1.29, 1.82) is 0 Å². The van der Waals surface area contributed by atoms with Crippen LogP contribution in [0.1, 0.15) is 20.8 Å². The first kappa shape index (κ1) is 10.4. The molecular formula is C11H22N2O. The van der Waals surface area contributed by atoms with Crippen molar-refractivity contribution in [2.24, 2.45) is 0 Å². The van der Waals surface area contributed by atoms with Gasteiger partial charge in [0.25, 0.3) is 0 Å². The van der Waals surface area contributed by atoms with Crippen LogP contribution in [0, 0.1) is 0 Å². The fraction of sp³-hybridized carbons (Fsp3) is 1.00. The summed E-state index contributed by atoms with van der Waals surface area (Å²) in [4.78, 5) is 5.18. The summed E-state index contributed by atoms with van der Waals surface area (Å²) in [7, 11) is 0. The highest BCUT2D eigenvalue weighted by Crippen LogP contribution is 2.19. The highest BCUT2D eigenvalue weighted by atomic mass is 16.5. The summed E-state index contributed by atoms with van der Waals surface area (Å²) in [6.07, 6.45) is 0. The van der Waals surface area contributed by atoms with Gasteiger partial charge < -0.3 is 4.74 Å². The van der Waals surface area contributed by atoms with Crippen molar-refractivity contribution >= 4 is 0 Å². The molecule has 0 aromatic heterocycles. The van der Waals surface area contributed by atoms with Crippen LogP contribution in [-0.4, -0.2) is 60.8 Å². The van der Waals surface area contributed by atoms with Crippen LogP contribution in [0.2, 0.25) is 0 Å². The number of ether oxygens (including phenoxy) is 1. The van der Waals surface area contributed by atoms with Crippen LogP contribution in [0.15, 0.2) is 0 Å². The zero-order valence-corrected chi connectivity index (χ0v) is 9.57. The summed E-state index contributed by atoms with van der Waals surface area (Å²) >= 11 is 0. The quantitative estimate of drug-likeness (QED) is 0.653. The lowest BCUT2D eigenvalue weighted by Crippen LogP contribution is -2.61. The Kier molecular flexibility index (Phi) is 3.10. The van der Waals surface area contributed by atoms with E-state index in [1.54, 1.807) is 0 Å². The van der Waals surface area contributed by atoms with E-state index >= 15 is 0 Å². The standard InChI is InChI=1S/C11H22N2O/c1-9(2)12-4-5-13(10(3)6-12)11-7-14-8-11/h9-11H,4-8H2,1-3H3/t10-/m1/s1. The molecule has 3 heteroatoms. The highest BCUT2D eigenvalue weighted by molar-refractivity contribution is 4.87. The van der Waals surface area contributed by atoms with E-state index in [9.17, 15) is 0 Å². The Balaban J connectivity index is 1.86. The molecule has 0 unspecified atom stereocenters. The first-order valence-corrected chi connectivity index (χ1v) is 5.76. The fourth-order valence-corrected chi connectivity index (χ4v) is 2.43. The first-order chi connectivity index (χ1) is 6.68. The zero-order valence-electron chi connectivity index (χ0n) is 9.57. The minimum atomic E-state index is 0.692. The van der Waals surface area contributed by atoms with Gasteiger partial charge in [-0.05, 0) is 20.8 Å². The average molecular weight is 198 g/mol. The van der Waals surface area contributed by atoms with E-state index in [0.29, 0.717) is 18.1 Å². The molecule has 2 heterocycles. The Labute approximate surface area is 87.0 Å². The lowest BCUT2D eigenvalue weighted by molar-refractivity contribution is -0.0956. The van der Waals surface area contributed by atoms with Gasteiger partial charge >= 0.3 is 0 Å². The van der Waals surface area contributed by atoms with Gasteiger partial charge in [0.1, 0.15) is 0 Å². The number of piperazine rings is 1. The Morgan fingerprint density at radius 1 is 1.21 bits per heavy atom. The molecule has 1 atom stereocenters. The van der Waals surface area contributed by atoms with Crippen LogP contribution in [0.3, 0.4) is 0 Å². The normalized spacial score (nSPS) is 32.1. The van der Waals surface area contributed by atoms with E-state index < -0.39 is 0 Å². The Bertz CT molecular complexity index is 192. The summed E-state index contributed by atoms with van der Waals surface area (Å²) < 4.78 is 5.26. The maximum atomic E-state index is 5.26. The monoisotopic (exact) mass is 198 g/mol. The minimum Gasteiger partial charge on any atom is -0.378 e. The van der Waals surface area contributed by atoms with Crippen molar-refractivity contribution < 1.29 is 4.74 Å². The van der Waals surface area contributed by atoms with E-state index in [1.807, 2.05) is 0 Å². The maximum Gasteiger partial charge on any atom is 0.0645 e. The minimum absolute atomic E-state index is 0.692. The highest BCUT2D eigenvalue weighted by Gasteiger charge is 2.33. The molecule has 0 amide bonds. The van der Waals surface area contributed by atoms with E-state index in [2.05, 4.69) is 30.6 Å². The van der Waals surface area contributed by atoms with Gasteiger partial charge in [-0.3, -0.25) is 9.80 Å². The smallest absolute Gasteiger partial charge is 0.0645 e. The summed E-state index contributed by atoms with van der Waals surface area (Å²) in [5.41, 5.74) is 0. The van der Waals surface area contributed by atoms with Gasteiger partial charge in [-0.2, -0.15) is 0 Å². The molecule has 0 aromatic carbocycles. The van der Waals surface area contributed by atoms with Gasteiger partial charge in [-0.25, -0.2) is 0 Å². The summed E-state index contributed by atoms with van der Waals surface area (Å²) in [6.45, 7) is 12.5. The van der Waals surface area contributed by atoms with Gasteiger partial charge in [0.05, 0.1) is 19.3 Å². The molecule has 3 nitrogen and oxygen atoms in total. The predicted molar refractivity (Wildman–Crippen MR) is 57.5 cm³/mol. The SMILES string of the molecule is CC(C)N1CCN(C2COC2)[C@H](C)C1. The molecule has 2 aliphatic rings. The lowest BCUT2D eigenvalue weighted by atomic mass is 10.1. The van der Waals surface area contributed by atoms with Gasteiger partial charge in [-0.15, -0.1) is 0 Å². The van der Waals surface area contributed by atoms with Gasteiger partial charge in [0.2, 0.25) is 0 Å². The Morgan fingerprint density at radius 3 is 2.36 bits per heavy atom. The summed E-state index contributed by atoms with van der Waals surface area (Å²) in [5.74, 6) is 0. The molecule has 14 heavy (non-hydrogen) atoms. The second kappa shape index (κ2) is 4.17. The molecule has 2 fully saturated rings. The molecular weight excluding hydrogens is 176 g/mol. The Morgan fingerprint density at radius 2 is 1.93 bits per heavy atom. The zero-order chi connectivity index (χ0) is 10.1. The van der Waals surface area contributed by atoms with Crippen molar-refractivity contribution in [3.05, 3.63) is 0 Å². The van der Waals surface area contributed by atoms with E-state index in [4.69, 9.17) is 4.74 Å². The topological polar surface area (TPSA) is 15.7 Å². The third kappa shape index (κ3) is 1.95. The molecule has 0 saturated carbocycles. The lowest BCUT2D eigenvalue weighted by Gasteiger charge is -2.47. The molecule has 0 radical (unpaired) electrons. The van der Waals surface area contributed by atoms with Crippen LogP contribution < -0.4 is 0 Å². The molecule has 0 spiro atoms. The Hall–Kier alpha value is -0.120. The van der Waals surface area contributed by atoms with Crippen molar-refractivity contribution in [2.75, 3.05) is 32.8 Å². The second-order valence-corrected chi connectivity index (χ2v) is 4.87. The number of nitrogens with zero attached hydrogens (tertiary/aromatic N) is 2. The third-order valence-corrected chi connectivity index (χ3v) is 3.53. The average Bonchev–Trinajstić information content (AvgIpc) is 2.04. The van der Waals surface area contributed by atoms with E-state index in [1.165, 1.54) is 19.6 Å². The second-order valence-electron chi connectivity index (χ2n) is 4.87. The molecule has 2 aliphatic heterocycles. The van der Waals surface area contributed by atoms with Crippen LogP contribution in [-0.2, 0) is 4.74 Å².